The molecule has 2 heterocycles. The van der Waals surface area contributed by atoms with Crippen molar-refractivity contribution in [2.24, 2.45) is 0 Å². The number of anilines is 1. The lowest BCUT2D eigenvalue weighted by atomic mass is 9.93. The Balaban J connectivity index is 1.75. The highest BCUT2D eigenvalue weighted by Crippen LogP contribution is 2.37. The molecule has 8 nitrogen and oxygen atoms in total. The molecule has 3 aromatic rings. The van der Waals surface area contributed by atoms with Gasteiger partial charge < -0.3 is 14.8 Å². The minimum atomic E-state index is -1.23. The summed E-state index contributed by atoms with van der Waals surface area (Å²) >= 11 is 0. The van der Waals surface area contributed by atoms with Crippen LogP contribution in [0.15, 0.2) is 48.5 Å². The van der Waals surface area contributed by atoms with Crippen LogP contribution in [-0.2, 0) is 17.9 Å². The molecule has 1 aliphatic rings. The van der Waals surface area contributed by atoms with E-state index in [0.29, 0.717) is 35.1 Å². The lowest BCUT2D eigenvalue weighted by Crippen LogP contribution is -2.64. The third kappa shape index (κ3) is 4.16. The molecule has 4 rings (SSSR count). The van der Waals surface area contributed by atoms with Crippen LogP contribution in [0.1, 0.15) is 34.2 Å². The van der Waals surface area contributed by atoms with Gasteiger partial charge in [-0.05, 0) is 32.4 Å². The monoisotopic (exact) mass is 448 g/mol. The molecule has 2 amide bonds. The number of hydrogen-bond donors (Lipinski definition) is 1. The van der Waals surface area contributed by atoms with Gasteiger partial charge in [0.1, 0.15) is 22.7 Å². The van der Waals surface area contributed by atoms with Gasteiger partial charge in [0, 0.05) is 24.7 Å². The number of amides is 2. The minimum absolute atomic E-state index is 0.209. The largest absolute Gasteiger partial charge is 0.497 e. The molecule has 0 saturated carbocycles. The summed E-state index contributed by atoms with van der Waals surface area (Å²) in [4.78, 5) is 28.8. The molecule has 1 aliphatic heterocycles. The molecule has 0 bridgehead atoms. The molecular formula is C25H28N4O4. The molecule has 2 aromatic carbocycles. The van der Waals surface area contributed by atoms with E-state index < -0.39 is 5.54 Å². The first-order valence-corrected chi connectivity index (χ1v) is 10.7. The van der Waals surface area contributed by atoms with Crippen LogP contribution in [-0.4, -0.2) is 41.4 Å². The van der Waals surface area contributed by atoms with Crippen molar-refractivity contribution in [2.75, 3.05) is 19.1 Å². The second-order valence-corrected chi connectivity index (χ2v) is 8.48. The van der Waals surface area contributed by atoms with Gasteiger partial charge >= 0.3 is 0 Å². The maximum Gasteiger partial charge on any atom is 0.277 e. The minimum Gasteiger partial charge on any atom is -0.497 e. The summed E-state index contributed by atoms with van der Waals surface area (Å²) in [6.45, 7) is 6.15. The number of carbonyl (C=O) groups excluding carboxylic acids is 2. The second kappa shape index (κ2) is 8.61. The predicted octanol–water partition coefficient (Wildman–Crippen LogP) is 3.25. The Hall–Kier alpha value is -3.81. The van der Waals surface area contributed by atoms with Gasteiger partial charge in [-0.2, -0.15) is 5.10 Å². The number of aromatic nitrogens is 2. The van der Waals surface area contributed by atoms with Gasteiger partial charge in [0.25, 0.3) is 5.91 Å². The average molecular weight is 449 g/mol. The molecule has 1 atom stereocenters. The summed E-state index contributed by atoms with van der Waals surface area (Å²) in [6, 6.07) is 14.9. The number of fused-ring (bicyclic) bond motifs is 1. The van der Waals surface area contributed by atoms with Crippen LogP contribution >= 0.6 is 0 Å². The first kappa shape index (κ1) is 22.4. The van der Waals surface area contributed by atoms with E-state index in [1.807, 2.05) is 38.1 Å². The van der Waals surface area contributed by atoms with Crippen LogP contribution in [0.4, 0.5) is 5.69 Å². The van der Waals surface area contributed by atoms with Crippen molar-refractivity contribution in [3.05, 3.63) is 71.0 Å². The number of methoxy groups -OCH3 is 2. The van der Waals surface area contributed by atoms with Gasteiger partial charge in [0.2, 0.25) is 5.91 Å². The van der Waals surface area contributed by atoms with Crippen molar-refractivity contribution < 1.29 is 19.1 Å². The molecule has 0 unspecified atom stereocenters. The molecule has 1 N–H and O–H groups in total. The predicted molar refractivity (Wildman–Crippen MR) is 125 cm³/mol. The number of nitrogens with zero attached hydrogens (tertiary/aromatic N) is 3. The van der Waals surface area contributed by atoms with Crippen molar-refractivity contribution in [1.82, 2.24) is 15.1 Å². The number of ether oxygens (including phenoxy) is 2. The SMILES string of the molecule is COc1cc(OC)cc(N2C(=O)c3cc(C)nn3C[C@@]2(C)C(=O)NCc2ccc(C)cc2)c1. The average Bonchev–Trinajstić information content (AvgIpc) is 3.18. The van der Waals surface area contributed by atoms with Crippen LogP contribution < -0.4 is 19.7 Å². The number of benzene rings is 2. The van der Waals surface area contributed by atoms with Gasteiger partial charge in [-0.15, -0.1) is 0 Å². The fourth-order valence-electron chi connectivity index (χ4n) is 4.11. The van der Waals surface area contributed by atoms with Crippen molar-refractivity contribution in [3.8, 4) is 11.5 Å². The molecule has 0 spiro atoms. The molecule has 0 radical (unpaired) electrons. The van der Waals surface area contributed by atoms with E-state index in [1.165, 1.54) is 4.90 Å². The van der Waals surface area contributed by atoms with E-state index >= 15 is 0 Å². The number of hydrogen-bond acceptors (Lipinski definition) is 5. The van der Waals surface area contributed by atoms with E-state index in [2.05, 4.69) is 10.4 Å². The molecule has 0 saturated heterocycles. The van der Waals surface area contributed by atoms with Gasteiger partial charge in [-0.25, -0.2) is 0 Å². The lowest BCUT2D eigenvalue weighted by Gasteiger charge is -2.43. The van der Waals surface area contributed by atoms with Gasteiger partial charge in [-0.1, -0.05) is 29.8 Å². The van der Waals surface area contributed by atoms with E-state index in [0.717, 1.165) is 11.1 Å². The smallest absolute Gasteiger partial charge is 0.277 e. The van der Waals surface area contributed by atoms with Crippen LogP contribution in [0.25, 0.3) is 0 Å². The van der Waals surface area contributed by atoms with Crippen molar-refractivity contribution in [1.29, 1.82) is 0 Å². The van der Waals surface area contributed by atoms with E-state index in [9.17, 15) is 9.59 Å². The van der Waals surface area contributed by atoms with E-state index in [4.69, 9.17) is 9.47 Å². The summed E-state index contributed by atoms with van der Waals surface area (Å²) in [7, 11) is 3.09. The summed E-state index contributed by atoms with van der Waals surface area (Å²) in [5.41, 5.74) is 2.54. The van der Waals surface area contributed by atoms with Crippen LogP contribution in [0, 0.1) is 13.8 Å². The van der Waals surface area contributed by atoms with Gasteiger partial charge in [0.15, 0.2) is 0 Å². The van der Waals surface area contributed by atoms with Crippen molar-refractivity contribution in [3.63, 3.8) is 0 Å². The maximum absolute atomic E-state index is 13.7. The zero-order valence-electron chi connectivity index (χ0n) is 19.5. The fraction of sp³-hybridized carbons (Fsp3) is 0.320. The first-order valence-electron chi connectivity index (χ1n) is 10.7. The van der Waals surface area contributed by atoms with E-state index in [-0.39, 0.29) is 18.4 Å². The summed E-state index contributed by atoms with van der Waals surface area (Å²) < 4.78 is 12.4. The Morgan fingerprint density at radius 2 is 1.70 bits per heavy atom. The molecule has 172 valence electrons. The first-order chi connectivity index (χ1) is 15.7. The molecule has 0 aliphatic carbocycles. The summed E-state index contributed by atoms with van der Waals surface area (Å²) in [5, 5.41) is 7.45. The topological polar surface area (TPSA) is 85.7 Å². The summed E-state index contributed by atoms with van der Waals surface area (Å²) in [6.07, 6.45) is 0. The summed E-state index contributed by atoms with van der Waals surface area (Å²) in [5.74, 6) is 0.451. The molecule has 8 heteroatoms. The van der Waals surface area contributed by atoms with Gasteiger partial charge in [0.05, 0.1) is 32.1 Å². The van der Waals surface area contributed by atoms with E-state index in [1.54, 1.807) is 50.1 Å². The van der Waals surface area contributed by atoms with Gasteiger partial charge in [-0.3, -0.25) is 19.2 Å². The Morgan fingerprint density at radius 3 is 2.30 bits per heavy atom. The number of rotatable bonds is 6. The highest BCUT2D eigenvalue weighted by atomic mass is 16.5. The van der Waals surface area contributed by atoms with Crippen molar-refractivity contribution in [2.45, 2.75) is 39.4 Å². The Labute approximate surface area is 193 Å². The quantitative estimate of drug-likeness (QED) is 0.626. The molecule has 0 fully saturated rings. The maximum atomic E-state index is 13.7. The Bertz CT molecular complexity index is 1180. The molecular weight excluding hydrogens is 420 g/mol. The zero-order chi connectivity index (χ0) is 23.8. The third-order valence-corrected chi connectivity index (χ3v) is 5.93. The lowest BCUT2D eigenvalue weighted by molar-refractivity contribution is -0.126. The number of nitrogens with one attached hydrogen (secondary N) is 1. The molecule has 33 heavy (non-hydrogen) atoms. The molecule has 1 aromatic heterocycles. The highest BCUT2D eigenvalue weighted by Gasteiger charge is 2.49. The third-order valence-electron chi connectivity index (χ3n) is 5.93. The zero-order valence-corrected chi connectivity index (χ0v) is 19.5. The highest BCUT2D eigenvalue weighted by molar-refractivity contribution is 6.12. The van der Waals surface area contributed by atoms with Crippen LogP contribution in [0.2, 0.25) is 0 Å². The fourth-order valence-corrected chi connectivity index (χ4v) is 4.11. The number of aryl methyl sites for hydroxylation is 2. The number of carbonyl (C=O) groups is 2. The second-order valence-electron chi connectivity index (χ2n) is 8.48. The Morgan fingerprint density at radius 1 is 1.06 bits per heavy atom. The van der Waals surface area contributed by atoms with Crippen LogP contribution in [0.5, 0.6) is 11.5 Å². The normalized spacial score (nSPS) is 17.5. The standard InChI is InChI=1S/C25H28N4O4/c1-16-6-8-18(9-7-16)14-26-24(31)25(3)15-28-22(10-17(2)27-28)23(30)29(25)19-11-20(32-4)13-21(12-19)33-5/h6-13H,14-15H2,1-5H3,(H,26,31)/t25-/m0/s1. The Kier molecular flexibility index (Phi) is 5.84. The van der Waals surface area contributed by atoms with Crippen LogP contribution in [0.3, 0.4) is 0 Å². The van der Waals surface area contributed by atoms with Crippen molar-refractivity contribution >= 4 is 17.5 Å².